The first-order valence-corrected chi connectivity index (χ1v) is 23.5. The van der Waals surface area contributed by atoms with Crippen LogP contribution in [0.1, 0.15) is 187 Å². The van der Waals surface area contributed by atoms with Gasteiger partial charge in [0.25, 0.3) is 0 Å². The Kier molecular flexibility index (Phi) is 31.4. The van der Waals surface area contributed by atoms with Crippen LogP contribution in [-0.4, -0.2) is 98.3 Å². The molecule has 0 radical (unpaired) electrons. The summed E-state index contributed by atoms with van der Waals surface area (Å²) in [4.78, 5) is 35.6. The van der Waals surface area contributed by atoms with Crippen LogP contribution >= 0.6 is 7.82 Å². The van der Waals surface area contributed by atoms with Gasteiger partial charge in [0.15, 0.2) is 6.10 Å². The van der Waals surface area contributed by atoms with E-state index in [2.05, 4.69) is 26.0 Å². The normalized spacial score (nSPS) is 22.9. The Labute approximate surface area is 337 Å². The molecule has 0 aromatic heterocycles. The molecule has 1 aliphatic rings. The summed E-state index contributed by atoms with van der Waals surface area (Å²) in [7, 11) is -5.11. The molecular weight excluding hydrogens is 743 g/mol. The minimum Gasteiger partial charge on any atom is -0.462 e. The number of phosphoric ester groups is 1. The van der Waals surface area contributed by atoms with Crippen molar-refractivity contribution in [3.63, 3.8) is 0 Å². The zero-order valence-corrected chi connectivity index (χ0v) is 35.6. The van der Waals surface area contributed by atoms with Crippen molar-refractivity contribution in [2.45, 2.75) is 230 Å². The first kappa shape index (κ1) is 52.6. The van der Waals surface area contributed by atoms with Crippen LogP contribution in [0.2, 0.25) is 0 Å². The van der Waals surface area contributed by atoms with Crippen molar-refractivity contribution in [3.05, 3.63) is 12.2 Å². The number of phosphoric acid groups is 1. The number of carbonyl (C=O) groups is 2. The van der Waals surface area contributed by atoms with Gasteiger partial charge in [-0.25, -0.2) is 4.57 Å². The first-order valence-electron chi connectivity index (χ1n) is 22.0. The van der Waals surface area contributed by atoms with Crippen molar-refractivity contribution >= 4 is 19.8 Å². The lowest BCUT2D eigenvalue weighted by Gasteiger charge is -2.41. The van der Waals surface area contributed by atoms with E-state index in [1.807, 2.05) is 0 Å². The van der Waals surface area contributed by atoms with Gasteiger partial charge in [0.1, 0.15) is 43.2 Å². The van der Waals surface area contributed by atoms with Gasteiger partial charge in [-0.3, -0.25) is 18.6 Å². The van der Waals surface area contributed by atoms with Crippen LogP contribution in [0.25, 0.3) is 0 Å². The lowest BCUT2D eigenvalue weighted by Crippen LogP contribution is -2.64. The Bertz CT molecular complexity index is 1040. The van der Waals surface area contributed by atoms with E-state index in [4.69, 9.17) is 18.5 Å². The van der Waals surface area contributed by atoms with Crippen LogP contribution < -0.4 is 0 Å². The summed E-state index contributed by atoms with van der Waals surface area (Å²) in [5.74, 6) is -1.11. The van der Waals surface area contributed by atoms with Gasteiger partial charge in [-0.1, -0.05) is 148 Å². The van der Waals surface area contributed by atoms with Crippen molar-refractivity contribution in [1.82, 2.24) is 0 Å². The summed E-state index contributed by atoms with van der Waals surface area (Å²) in [6.45, 7) is 3.27. The van der Waals surface area contributed by atoms with Gasteiger partial charge in [-0.05, 0) is 38.5 Å². The molecule has 1 rings (SSSR count). The van der Waals surface area contributed by atoms with Gasteiger partial charge < -0.3 is 39.9 Å². The fourth-order valence-corrected chi connectivity index (χ4v) is 7.73. The highest BCUT2D eigenvalue weighted by molar-refractivity contribution is 7.47. The third-order valence-corrected chi connectivity index (χ3v) is 11.3. The highest BCUT2D eigenvalue weighted by Gasteiger charge is 2.51. The molecule has 0 spiro atoms. The fraction of sp³-hybridized carbons (Fsp3) is 0.905. The van der Waals surface area contributed by atoms with E-state index in [9.17, 15) is 44.6 Å². The summed E-state index contributed by atoms with van der Waals surface area (Å²) in [5.41, 5.74) is 0. The fourth-order valence-electron chi connectivity index (χ4n) is 6.75. The Morgan fingerprint density at radius 2 is 0.911 bits per heavy atom. The smallest absolute Gasteiger partial charge is 0.462 e. The van der Waals surface area contributed by atoms with Gasteiger partial charge in [0, 0.05) is 12.8 Å². The maximum absolute atomic E-state index is 12.8. The third kappa shape index (κ3) is 25.8. The van der Waals surface area contributed by atoms with Crippen molar-refractivity contribution in [1.29, 1.82) is 0 Å². The monoisotopic (exact) mass is 823 g/mol. The Hall–Kier alpha value is -1.41. The predicted molar refractivity (Wildman–Crippen MR) is 217 cm³/mol. The number of unbranched alkanes of at least 4 members (excludes halogenated alkanes) is 22. The lowest BCUT2D eigenvalue weighted by molar-refractivity contribution is -0.220. The molecule has 13 nitrogen and oxygen atoms in total. The number of carbonyl (C=O) groups excluding carboxylic acids is 2. The average molecular weight is 823 g/mol. The number of allylic oxidation sites excluding steroid dienone is 2. The zero-order valence-electron chi connectivity index (χ0n) is 34.7. The van der Waals surface area contributed by atoms with Crippen LogP contribution in [0.5, 0.6) is 0 Å². The number of hydrogen-bond acceptors (Lipinski definition) is 12. The molecule has 1 fully saturated rings. The SMILES string of the molecule is CCCCCCCC/C=C/CCCCCC(=O)O[C@@H](COC(=O)CCCCCCCCCCCCCCCC)COP(=O)(O)OC1C(O)C(O)C(O)[C@H](O)C1O. The molecule has 6 unspecified atom stereocenters. The molecule has 0 heterocycles. The second-order valence-electron chi connectivity index (χ2n) is 15.6. The predicted octanol–water partition coefficient (Wildman–Crippen LogP) is 7.89. The molecule has 8 atom stereocenters. The van der Waals surface area contributed by atoms with Crippen LogP contribution in [0, 0.1) is 0 Å². The van der Waals surface area contributed by atoms with Gasteiger partial charge in [0.2, 0.25) is 0 Å². The molecule has 330 valence electrons. The maximum Gasteiger partial charge on any atom is 0.472 e. The quantitative estimate of drug-likeness (QED) is 0.0154. The number of rotatable bonds is 36. The molecule has 0 bridgehead atoms. The van der Waals surface area contributed by atoms with E-state index in [0.29, 0.717) is 12.8 Å². The number of esters is 2. The van der Waals surface area contributed by atoms with E-state index >= 15 is 0 Å². The number of hydrogen-bond donors (Lipinski definition) is 6. The molecular formula is C42H79O13P. The van der Waals surface area contributed by atoms with Crippen LogP contribution in [-0.2, 0) is 32.7 Å². The van der Waals surface area contributed by atoms with Crippen LogP contribution in [0.4, 0.5) is 0 Å². The minimum absolute atomic E-state index is 0.0802. The van der Waals surface area contributed by atoms with E-state index in [1.54, 1.807) is 0 Å². The van der Waals surface area contributed by atoms with Gasteiger partial charge >= 0.3 is 19.8 Å². The molecule has 0 amide bonds. The van der Waals surface area contributed by atoms with E-state index < -0.39 is 75.7 Å². The second kappa shape index (κ2) is 33.4. The van der Waals surface area contributed by atoms with Crippen LogP contribution in [0.3, 0.4) is 0 Å². The van der Waals surface area contributed by atoms with Gasteiger partial charge in [-0.15, -0.1) is 0 Å². The highest BCUT2D eigenvalue weighted by Crippen LogP contribution is 2.47. The number of ether oxygens (including phenoxy) is 2. The van der Waals surface area contributed by atoms with Gasteiger partial charge in [0.05, 0.1) is 6.61 Å². The molecule has 0 aromatic carbocycles. The summed E-state index contributed by atoms with van der Waals surface area (Å²) >= 11 is 0. The topological polar surface area (TPSA) is 210 Å². The minimum atomic E-state index is -5.11. The highest BCUT2D eigenvalue weighted by atomic mass is 31.2. The second-order valence-corrected chi connectivity index (χ2v) is 17.0. The van der Waals surface area contributed by atoms with Crippen molar-refractivity contribution in [2.75, 3.05) is 13.2 Å². The van der Waals surface area contributed by atoms with Crippen molar-refractivity contribution in [3.8, 4) is 0 Å². The summed E-state index contributed by atoms with van der Waals surface area (Å²) in [6.07, 6.45) is 19.9. The Balaban J connectivity index is 2.49. The zero-order chi connectivity index (χ0) is 41.4. The molecule has 6 N–H and O–H groups in total. The molecule has 0 aromatic rings. The molecule has 1 aliphatic carbocycles. The largest absolute Gasteiger partial charge is 0.472 e. The van der Waals surface area contributed by atoms with Crippen molar-refractivity contribution in [2.24, 2.45) is 0 Å². The summed E-state index contributed by atoms with van der Waals surface area (Å²) in [6, 6.07) is 0. The molecule has 0 aliphatic heterocycles. The average Bonchev–Trinajstić information content (AvgIpc) is 3.18. The lowest BCUT2D eigenvalue weighted by atomic mass is 9.85. The van der Waals surface area contributed by atoms with Gasteiger partial charge in [-0.2, -0.15) is 0 Å². The summed E-state index contributed by atoms with van der Waals surface area (Å²) in [5, 5.41) is 50.0. The van der Waals surface area contributed by atoms with E-state index in [-0.39, 0.29) is 12.8 Å². The standard InChI is InChI=1S/C42H79O13P/c1-3-5-7-9-11-13-15-17-19-20-22-24-26-28-30-35(43)52-32-34(33-53-56(50,51)55-42-40(48)38(46)37(45)39(47)41(42)49)54-36(44)31-29-27-25-23-21-18-16-14-12-10-8-6-4-2/h18,21,34,37-42,45-49H,3-17,19-20,22-33H2,1-2H3,(H,50,51)/b21-18+/t34-,37?,38-,39?,40?,41?,42?/m0/s1. The molecule has 14 heteroatoms. The van der Waals surface area contributed by atoms with Crippen molar-refractivity contribution < 1.29 is 63.1 Å². The molecule has 1 saturated carbocycles. The molecule has 0 saturated heterocycles. The van der Waals surface area contributed by atoms with E-state index in [1.165, 1.54) is 103 Å². The molecule has 56 heavy (non-hydrogen) atoms. The summed E-state index contributed by atoms with van der Waals surface area (Å²) < 4.78 is 33.4. The Morgan fingerprint density at radius 1 is 0.536 bits per heavy atom. The Morgan fingerprint density at radius 3 is 1.38 bits per heavy atom. The van der Waals surface area contributed by atoms with Crippen LogP contribution in [0.15, 0.2) is 12.2 Å². The number of aliphatic hydroxyl groups excluding tert-OH is 5. The van der Waals surface area contributed by atoms with E-state index in [0.717, 1.165) is 44.9 Å². The first-order chi connectivity index (χ1) is 26.9. The maximum atomic E-state index is 12.8. The third-order valence-electron chi connectivity index (χ3n) is 10.4. The number of aliphatic hydroxyl groups is 5.